The van der Waals surface area contributed by atoms with Crippen molar-refractivity contribution in [1.29, 1.82) is 0 Å². The summed E-state index contributed by atoms with van der Waals surface area (Å²) in [7, 11) is 0. The second kappa shape index (κ2) is 6.93. The van der Waals surface area contributed by atoms with E-state index < -0.39 is 17.9 Å². The minimum atomic E-state index is -4.41. The molecule has 120 valence electrons. The average Bonchev–Trinajstić information content (AvgIpc) is 2.87. The molecule has 1 fully saturated rings. The van der Waals surface area contributed by atoms with E-state index in [2.05, 4.69) is 4.98 Å². The topological polar surface area (TPSA) is 59.2 Å². The van der Waals surface area contributed by atoms with E-state index in [9.17, 15) is 18.0 Å². The van der Waals surface area contributed by atoms with Crippen molar-refractivity contribution < 1.29 is 18.0 Å². The number of likely N-dealkylation sites (tertiary alicyclic amines) is 1. The first-order valence-electron chi connectivity index (χ1n) is 6.36. The SMILES string of the molecule is C[C@@H](N)C(=O)N1CCCC(c2nc(C(F)(F)F)cs2)C1.Cl. The molecule has 2 atom stereocenters. The van der Waals surface area contributed by atoms with Crippen LogP contribution in [0, 0.1) is 0 Å². The van der Waals surface area contributed by atoms with Gasteiger partial charge in [-0.2, -0.15) is 13.2 Å². The molecular formula is C12H17ClF3N3OS. The highest BCUT2D eigenvalue weighted by Gasteiger charge is 2.35. The van der Waals surface area contributed by atoms with E-state index in [1.54, 1.807) is 11.8 Å². The normalized spacial score (nSPS) is 20.8. The summed E-state index contributed by atoms with van der Waals surface area (Å²) < 4.78 is 37.6. The maximum absolute atomic E-state index is 12.5. The van der Waals surface area contributed by atoms with Crippen LogP contribution in [0.25, 0.3) is 0 Å². The van der Waals surface area contributed by atoms with E-state index in [0.29, 0.717) is 18.1 Å². The number of alkyl halides is 3. The predicted octanol–water partition coefficient (Wildman–Crippen LogP) is 2.64. The summed E-state index contributed by atoms with van der Waals surface area (Å²) in [4.78, 5) is 17.1. The number of aromatic nitrogens is 1. The number of rotatable bonds is 2. The standard InChI is InChI=1S/C12H16F3N3OS.ClH/c1-7(16)11(19)18-4-2-3-8(5-18)10-17-9(6-20-10)12(13,14)15;/h6-8H,2-5,16H2,1H3;1H/t7-,8?;/m1./s1. The van der Waals surface area contributed by atoms with E-state index >= 15 is 0 Å². The number of halogens is 4. The summed E-state index contributed by atoms with van der Waals surface area (Å²) in [6, 6.07) is -0.587. The van der Waals surface area contributed by atoms with Crippen LogP contribution in [0.5, 0.6) is 0 Å². The molecule has 2 heterocycles. The Morgan fingerprint density at radius 3 is 2.76 bits per heavy atom. The van der Waals surface area contributed by atoms with Crippen LogP contribution in [0.1, 0.15) is 36.4 Å². The molecule has 1 aromatic rings. The number of piperidine rings is 1. The van der Waals surface area contributed by atoms with Gasteiger partial charge in [0.1, 0.15) is 0 Å². The van der Waals surface area contributed by atoms with Crippen LogP contribution in [0.2, 0.25) is 0 Å². The third-order valence-corrected chi connectivity index (χ3v) is 4.29. The number of thiazole rings is 1. The van der Waals surface area contributed by atoms with Gasteiger partial charge in [-0.15, -0.1) is 23.7 Å². The van der Waals surface area contributed by atoms with Crippen molar-refractivity contribution in [3.05, 3.63) is 16.1 Å². The van der Waals surface area contributed by atoms with Crippen LogP contribution in [-0.2, 0) is 11.0 Å². The Hall–Kier alpha value is -0.860. The molecule has 0 saturated carbocycles. The molecule has 1 unspecified atom stereocenters. The first kappa shape index (κ1) is 18.2. The van der Waals surface area contributed by atoms with Gasteiger partial charge in [0, 0.05) is 24.4 Å². The average molecular weight is 344 g/mol. The zero-order valence-electron chi connectivity index (χ0n) is 11.4. The van der Waals surface area contributed by atoms with Gasteiger partial charge in [0.15, 0.2) is 5.69 Å². The highest BCUT2D eigenvalue weighted by Crippen LogP contribution is 2.34. The third kappa shape index (κ3) is 4.31. The molecule has 1 aliphatic heterocycles. The molecule has 2 rings (SSSR count). The first-order valence-corrected chi connectivity index (χ1v) is 7.24. The third-order valence-electron chi connectivity index (χ3n) is 3.28. The quantitative estimate of drug-likeness (QED) is 0.898. The number of nitrogens with two attached hydrogens (primary N) is 1. The van der Waals surface area contributed by atoms with Crippen molar-refractivity contribution in [2.75, 3.05) is 13.1 Å². The van der Waals surface area contributed by atoms with Gasteiger partial charge >= 0.3 is 6.18 Å². The summed E-state index contributed by atoms with van der Waals surface area (Å²) in [5.41, 5.74) is 4.71. The zero-order chi connectivity index (χ0) is 14.9. The molecule has 9 heteroatoms. The Balaban J connectivity index is 0.00000220. The number of carbonyl (C=O) groups excluding carboxylic acids is 1. The molecule has 2 N–H and O–H groups in total. The Labute approximate surface area is 130 Å². The lowest BCUT2D eigenvalue weighted by atomic mass is 9.98. The maximum atomic E-state index is 12.5. The lowest BCUT2D eigenvalue weighted by Gasteiger charge is -2.32. The smallest absolute Gasteiger partial charge is 0.341 e. The van der Waals surface area contributed by atoms with Crippen LogP contribution in [0.3, 0.4) is 0 Å². The van der Waals surface area contributed by atoms with E-state index in [4.69, 9.17) is 5.73 Å². The van der Waals surface area contributed by atoms with Crippen molar-refractivity contribution in [2.45, 2.75) is 37.9 Å². The summed E-state index contributed by atoms with van der Waals surface area (Å²) in [6.07, 6.45) is -2.91. The van der Waals surface area contributed by atoms with Gasteiger partial charge in [-0.25, -0.2) is 4.98 Å². The Morgan fingerprint density at radius 1 is 1.57 bits per heavy atom. The molecule has 0 aromatic carbocycles. The number of carbonyl (C=O) groups is 1. The highest BCUT2D eigenvalue weighted by atomic mass is 35.5. The second-order valence-corrected chi connectivity index (χ2v) is 5.87. The summed E-state index contributed by atoms with van der Waals surface area (Å²) >= 11 is 1.00. The van der Waals surface area contributed by atoms with Crippen LogP contribution in [0.4, 0.5) is 13.2 Å². The molecule has 0 bridgehead atoms. The van der Waals surface area contributed by atoms with E-state index in [1.165, 1.54) is 0 Å². The van der Waals surface area contributed by atoms with E-state index in [-0.39, 0.29) is 24.2 Å². The number of nitrogens with zero attached hydrogens (tertiary/aromatic N) is 2. The number of hydrogen-bond acceptors (Lipinski definition) is 4. The fourth-order valence-corrected chi connectivity index (χ4v) is 3.23. The molecule has 0 radical (unpaired) electrons. The Bertz CT molecular complexity index is 492. The van der Waals surface area contributed by atoms with E-state index in [1.807, 2.05) is 0 Å². The van der Waals surface area contributed by atoms with Gasteiger partial charge < -0.3 is 10.6 Å². The molecule has 1 aliphatic rings. The first-order chi connectivity index (χ1) is 9.29. The minimum absolute atomic E-state index is 0. The molecule has 0 aliphatic carbocycles. The molecule has 1 amide bonds. The van der Waals surface area contributed by atoms with Crippen molar-refractivity contribution in [1.82, 2.24) is 9.88 Å². The summed E-state index contributed by atoms with van der Waals surface area (Å²) in [6.45, 7) is 2.61. The van der Waals surface area contributed by atoms with Gasteiger partial charge in [0.05, 0.1) is 11.0 Å². The molecule has 0 spiro atoms. The second-order valence-electron chi connectivity index (χ2n) is 4.98. The van der Waals surface area contributed by atoms with Crippen molar-refractivity contribution in [2.24, 2.45) is 5.73 Å². The van der Waals surface area contributed by atoms with Crippen molar-refractivity contribution in [3.8, 4) is 0 Å². The zero-order valence-corrected chi connectivity index (χ0v) is 13.0. The van der Waals surface area contributed by atoms with Crippen molar-refractivity contribution in [3.63, 3.8) is 0 Å². The molecule has 4 nitrogen and oxygen atoms in total. The van der Waals surface area contributed by atoms with Gasteiger partial charge in [0.2, 0.25) is 5.91 Å². The molecule has 1 aromatic heterocycles. The fraction of sp³-hybridized carbons (Fsp3) is 0.667. The highest BCUT2D eigenvalue weighted by molar-refractivity contribution is 7.09. The lowest BCUT2D eigenvalue weighted by Crippen LogP contribution is -2.46. The minimum Gasteiger partial charge on any atom is -0.341 e. The van der Waals surface area contributed by atoms with E-state index in [0.717, 1.165) is 29.6 Å². The van der Waals surface area contributed by atoms with Gasteiger partial charge in [-0.05, 0) is 19.8 Å². The van der Waals surface area contributed by atoms with Crippen molar-refractivity contribution >= 4 is 29.7 Å². The van der Waals surface area contributed by atoms with Crippen LogP contribution < -0.4 is 5.73 Å². The van der Waals surface area contributed by atoms with Gasteiger partial charge in [0.25, 0.3) is 0 Å². The molecule has 21 heavy (non-hydrogen) atoms. The summed E-state index contributed by atoms with van der Waals surface area (Å²) in [5.74, 6) is -0.296. The van der Waals surface area contributed by atoms with Crippen LogP contribution in [0.15, 0.2) is 5.38 Å². The van der Waals surface area contributed by atoms with Crippen LogP contribution in [-0.4, -0.2) is 34.9 Å². The fourth-order valence-electron chi connectivity index (χ4n) is 2.27. The van der Waals surface area contributed by atoms with Crippen LogP contribution >= 0.6 is 23.7 Å². The number of amides is 1. The monoisotopic (exact) mass is 343 g/mol. The molecule has 1 saturated heterocycles. The summed E-state index contributed by atoms with van der Waals surface area (Å²) in [5, 5.41) is 1.47. The Kier molecular flexibility index (Phi) is 6.01. The Morgan fingerprint density at radius 2 is 2.24 bits per heavy atom. The lowest BCUT2D eigenvalue weighted by molar-refractivity contribution is -0.141. The predicted molar refractivity (Wildman–Crippen MR) is 76.6 cm³/mol. The molecular weight excluding hydrogens is 327 g/mol. The number of hydrogen-bond donors (Lipinski definition) is 1. The van der Waals surface area contributed by atoms with Gasteiger partial charge in [-0.1, -0.05) is 0 Å². The maximum Gasteiger partial charge on any atom is 0.434 e. The largest absolute Gasteiger partial charge is 0.434 e. The van der Waals surface area contributed by atoms with Gasteiger partial charge in [-0.3, -0.25) is 4.79 Å².